The first-order valence-electron chi connectivity index (χ1n) is 3.76. The van der Waals surface area contributed by atoms with Gasteiger partial charge >= 0.3 is 5.97 Å². The summed E-state index contributed by atoms with van der Waals surface area (Å²) < 4.78 is 5.23. The van der Waals surface area contributed by atoms with Gasteiger partial charge in [0.05, 0.1) is 19.1 Å². The van der Waals surface area contributed by atoms with Gasteiger partial charge in [-0.2, -0.15) is 0 Å². The van der Waals surface area contributed by atoms with E-state index >= 15 is 0 Å². The monoisotopic (exact) mass is 195 g/mol. The van der Waals surface area contributed by atoms with E-state index in [1.54, 1.807) is 0 Å². The van der Waals surface area contributed by atoms with Gasteiger partial charge in [-0.05, 0) is 12.3 Å². The molecule has 2 unspecified atom stereocenters. The summed E-state index contributed by atoms with van der Waals surface area (Å²) in [4.78, 5) is 10.3. The zero-order valence-electron chi connectivity index (χ0n) is 6.73. The van der Waals surface area contributed by atoms with E-state index in [1.807, 2.05) is 0 Å². The molecule has 1 rings (SSSR count). The van der Waals surface area contributed by atoms with Crippen LogP contribution in [0.15, 0.2) is 0 Å². The largest absolute Gasteiger partial charge is 0.481 e. The molecular weight excluding hydrogens is 182 g/mol. The van der Waals surface area contributed by atoms with Gasteiger partial charge in [0.1, 0.15) is 0 Å². The molecule has 72 valence electrons. The molecule has 1 saturated heterocycles. The summed E-state index contributed by atoms with van der Waals surface area (Å²) in [5.41, 5.74) is 5.35. The fourth-order valence-electron chi connectivity index (χ4n) is 1.33. The lowest BCUT2D eigenvalue weighted by molar-refractivity contribution is -0.138. The molecule has 0 amide bonds. The summed E-state index contributed by atoms with van der Waals surface area (Å²) in [7, 11) is 0. The van der Waals surface area contributed by atoms with Crippen molar-refractivity contribution in [2.24, 2.45) is 11.7 Å². The SMILES string of the molecule is Cl.NCC1CC(CC(=O)O)CO1. The van der Waals surface area contributed by atoms with Crippen LogP contribution in [-0.2, 0) is 9.53 Å². The molecule has 4 nitrogen and oxygen atoms in total. The van der Waals surface area contributed by atoms with Gasteiger partial charge in [0.25, 0.3) is 0 Å². The van der Waals surface area contributed by atoms with Crippen LogP contribution in [0.2, 0.25) is 0 Å². The zero-order chi connectivity index (χ0) is 8.27. The molecule has 0 aromatic heterocycles. The second-order valence-electron chi connectivity index (χ2n) is 2.89. The summed E-state index contributed by atoms with van der Waals surface area (Å²) >= 11 is 0. The van der Waals surface area contributed by atoms with Crippen molar-refractivity contribution < 1.29 is 14.6 Å². The minimum absolute atomic E-state index is 0. The average molecular weight is 196 g/mol. The zero-order valence-corrected chi connectivity index (χ0v) is 7.55. The molecule has 0 radical (unpaired) electrons. The number of rotatable bonds is 3. The van der Waals surface area contributed by atoms with Gasteiger partial charge < -0.3 is 15.6 Å². The van der Waals surface area contributed by atoms with Gasteiger partial charge in [0.15, 0.2) is 0 Å². The van der Waals surface area contributed by atoms with Crippen molar-refractivity contribution in [3.63, 3.8) is 0 Å². The number of hydrogen-bond donors (Lipinski definition) is 2. The quantitative estimate of drug-likeness (QED) is 0.677. The lowest BCUT2D eigenvalue weighted by Gasteiger charge is -2.03. The van der Waals surface area contributed by atoms with Crippen LogP contribution >= 0.6 is 12.4 Å². The Kier molecular flexibility index (Phi) is 5.20. The van der Waals surface area contributed by atoms with Crippen LogP contribution in [0.3, 0.4) is 0 Å². The summed E-state index contributed by atoms with van der Waals surface area (Å²) in [6.45, 7) is 1.05. The highest BCUT2D eigenvalue weighted by atomic mass is 35.5. The second kappa shape index (κ2) is 5.35. The highest BCUT2D eigenvalue weighted by Gasteiger charge is 2.25. The van der Waals surface area contributed by atoms with Gasteiger partial charge in [-0.1, -0.05) is 0 Å². The molecule has 3 N–H and O–H groups in total. The highest BCUT2D eigenvalue weighted by molar-refractivity contribution is 5.85. The molecule has 1 fully saturated rings. The minimum Gasteiger partial charge on any atom is -0.481 e. The second-order valence-corrected chi connectivity index (χ2v) is 2.89. The Morgan fingerprint density at radius 1 is 1.67 bits per heavy atom. The number of carboxylic acids is 1. The van der Waals surface area contributed by atoms with Gasteiger partial charge in [0, 0.05) is 6.54 Å². The minimum atomic E-state index is -0.753. The normalized spacial score (nSPS) is 28.1. The van der Waals surface area contributed by atoms with E-state index in [0.29, 0.717) is 13.2 Å². The maximum atomic E-state index is 10.3. The number of nitrogens with two attached hydrogens (primary N) is 1. The molecule has 0 aromatic carbocycles. The van der Waals surface area contributed by atoms with Crippen LogP contribution in [0, 0.1) is 5.92 Å². The molecule has 0 aromatic rings. The van der Waals surface area contributed by atoms with Crippen LogP contribution in [-0.4, -0.2) is 30.3 Å². The maximum absolute atomic E-state index is 10.3. The van der Waals surface area contributed by atoms with Gasteiger partial charge in [0.2, 0.25) is 0 Å². The Morgan fingerprint density at radius 3 is 2.75 bits per heavy atom. The molecule has 5 heteroatoms. The molecular formula is C7H14ClNO3. The highest BCUT2D eigenvalue weighted by Crippen LogP contribution is 2.21. The third-order valence-corrected chi connectivity index (χ3v) is 1.89. The van der Waals surface area contributed by atoms with Gasteiger partial charge in [-0.15, -0.1) is 12.4 Å². The Morgan fingerprint density at radius 2 is 2.33 bits per heavy atom. The Bertz CT molecular complexity index is 154. The first kappa shape index (κ1) is 11.7. The predicted molar refractivity (Wildman–Crippen MR) is 46.4 cm³/mol. The molecule has 0 aliphatic carbocycles. The van der Waals surface area contributed by atoms with Crippen LogP contribution in [0.25, 0.3) is 0 Å². The molecule has 12 heavy (non-hydrogen) atoms. The van der Waals surface area contributed by atoms with Crippen LogP contribution < -0.4 is 5.73 Å². The van der Waals surface area contributed by atoms with E-state index in [-0.39, 0.29) is 30.8 Å². The summed E-state index contributed by atoms with van der Waals surface area (Å²) in [6.07, 6.45) is 1.08. The van der Waals surface area contributed by atoms with E-state index in [0.717, 1.165) is 6.42 Å². The molecule has 0 saturated carbocycles. The molecule has 1 aliphatic heterocycles. The van der Waals surface area contributed by atoms with Crippen molar-refractivity contribution in [1.82, 2.24) is 0 Å². The smallest absolute Gasteiger partial charge is 0.303 e. The topological polar surface area (TPSA) is 72.6 Å². The predicted octanol–water partition coefficient (Wildman–Crippen LogP) is 0.247. The molecule has 1 aliphatic rings. The van der Waals surface area contributed by atoms with E-state index < -0.39 is 5.97 Å². The fourth-order valence-corrected chi connectivity index (χ4v) is 1.33. The number of halogens is 1. The third kappa shape index (κ3) is 3.38. The number of hydrogen-bond acceptors (Lipinski definition) is 3. The van der Waals surface area contributed by atoms with E-state index in [9.17, 15) is 4.79 Å². The Hall–Kier alpha value is -0.320. The van der Waals surface area contributed by atoms with Crippen molar-refractivity contribution in [1.29, 1.82) is 0 Å². The molecule has 0 bridgehead atoms. The third-order valence-electron chi connectivity index (χ3n) is 1.89. The van der Waals surface area contributed by atoms with Crippen molar-refractivity contribution in [2.45, 2.75) is 18.9 Å². The number of aliphatic carboxylic acids is 1. The van der Waals surface area contributed by atoms with Crippen LogP contribution in [0.4, 0.5) is 0 Å². The molecule has 1 heterocycles. The van der Waals surface area contributed by atoms with Crippen LogP contribution in [0.1, 0.15) is 12.8 Å². The van der Waals surface area contributed by atoms with Crippen molar-refractivity contribution in [3.8, 4) is 0 Å². The summed E-state index contributed by atoms with van der Waals surface area (Å²) in [6, 6.07) is 0. The first-order chi connectivity index (χ1) is 5.22. The lowest BCUT2D eigenvalue weighted by Crippen LogP contribution is -2.18. The van der Waals surface area contributed by atoms with Crippen molar-refractivity contribution >= 4 is 18.4 Å². The summed E-state index contributed by atoms with van der Waals surface area (Å²) in [5, 5.41) is 8.45. The fraction of sp³-hybridized carbons (Fsp3) is 0.857. The van der Waals surface area contributed by atoms with E-state index in [2.05, 4.69) is 0 Å². The van der Waals surface area contributed by atoms with Crippen molar-refractivity contribution in [3.05, 3.63) is 0 Å². The number of ether oxygens (including phenoxy) is 1. The number of carboxylic acid groups (broad SMARTS) is 1. The van der Waals surface area contributed by atoms with Crippen LogP contribution in [0.5, 0.6) is 0 Å². The summed E-state index contributed by atoms with van der Waals surface area (Å²) in [5.74, 6) is -0.586. The lowest BCUT2D eigenvalue weighted by atomic mass is 10.0. The van der Waals surface area contributed by atoms with Gasteiger partial charge in [-0.25, -0.2) is 0 Å². The molecule has 2 atom stereocenters. The molecule has 0 spiro atoms. The standard InChI is InChI=1S/C7H13NO3.ClH/c8-3-6-1-5(4-11-6)2-7(9)10;/h5-6H,1-4,8H2,(H,9,10);1H. The number of carbonyl (C=O) groups is 1. The first-order valence-corrected chi connectivity index (χ1v) is 3.76. The van der Waals surface area contributed by atoms with E-state index in [4.69, 9.17) is 15.6 Å². The maximum Gasteiger partial charge on any atom is 0.303 e. The van der Waals surface area contributed by atoms with Gasteiger partial charge in [-0.3, -0.25) is 4.79 Å². The van der Waals surface area contributed by atoms with E-state index in [1.165, 1.54) is 0 Å². The Labute approximate surface area is 77.5 Å². The van der Waals surface area contributed by atoms with Crippen molar-refractivity contribution in [2.75, 3.05) is 13.2 Å². The average Bonchev–Trinajstić information content (AvgIpc) is 2.34. The Balaban J connectivity index is 0.00000121.